The van der Waals surface area contributed by atoms with E-state index in [9.17, 15) is 36.9 Å². The topological polar surface area (TPSA) is 83.7 Å². The molecule has 0 bridgehead atoms. The molecule has 4 aromatic carbocycles. The fraction of sp³-hybridized carbons (Fsp3) is 0.333. The number of ether oxygens (including phenoxy) is 2. The van der Waals surface area contributed by atoms with Crippen molar-refractivity contribution >= 4 is 79.0 Å². The first-order valence-corrected chi connectivity index (χ1v) is 27.0. The Bertz CT molecular complexity index is 3530. The van der Waals surface area contributed by atoms with Crippen LogP contribution in [0.1, 0.15) is 112 Å². The lowest BCUT2D eigenvalue weighted by molar-refractivity contribution is -0.539. The number of thiazole rings is 2. The van der Waals surface area contributed by atoms with E-state index in [1.807, 2.05) is 12.1 Å². The summed E-state index contributed by atoms with van der Waals surface area (Å²) in [5.41, 5.74) is -4.61. The van der Waals surface area contributed by atoms with Gasteiger partial charge in [0.05, 0.1) is 24.3 Å². The van der Waals surface area contributed by atoms with Crippen LogP contribution in [0.25, 0.3) is 64.9 Å². The number of benzene rings is 4. The van der Waals surface area contributed by atoms with Crippen LogP contribution in [0, 0.1) is 22.7 Å². The standard InChI is InChI=1S/C54H48B2F10N6O2S2/c1-3-5-7-9-11-13-27-73-37-21-15-33(16-22-37)47-45-46(50-40(32-68)52-69(55(63,64)71(47)50)41-25-19-35(53(57,58)59)29-43(41)76-52)48(34-17-23-38(24-18-34)74-28-14-12-10-8-6-4-2)72-49(45)39(31-67)51-70(56(72,65)66)42-26-20-36(54(60,61)62)30-44(42)75-51/h15-26,29-30H,3-14,27-28H2,1-2H3. The monoisotopic (exact) mass is 1090 g/mol. The minimum atomic E-state index is -5.26. The fourth-order valence-electron chi connectivity index (χ4n) is 10.7. The first-order chi connectivity index (χ1) is 36.4. The second-order valence-corrected chi connectivity index (χ2v) is 21.3. The molecule has 0 saturated carbocycles. The van der Waals surface area contributed by atoms with Crippen molar-refractivity contribution in [2.45, 2.75) is 103 Å². The lowest BCUT2D eigenvalue weighted by Crippen LogP contribution is -2.70. The van der Waals surface area contributed by atoms with E-state index in [1.165, 1.54) is 48.5 Å². The molecule has 0 aliphatic carbocycles. The van der Waals surface area contributed by atoms with E-state index in [1.54, 1.807) is 0 Å². The molecule has 8 aromatic rings. The number of nitrogens with zero attached hydrogens (tertiary/aromatic N) is 6. The lowest BCUT2D eigenvalue weighted by Gasteiger charge is -2.30. The highest BCUT2D eigenvalue weighted by Crippen LogP contribution is 2.44. The van der Waals surface area contributed by atoms with Gasteiger partial charge in [0.2, 0.25) is 10.0 Å². The predicted molar refractivity (Wildman–Crippen MR) is 276 cm³/mol. The Morgan fingerprint density at radius 3 is 1.21 bits per heavy atom. The van der Waals surface area contributed by atoms with Crippen LogP contribution in [0.5, 0.6) is 11.5 Å². The minimum absolute atomic E-state index is 0.0149. The van der Waals surface area contributed by atoms with Gasteiger partial charge in [-0.15, -0.1) is 0 Å². The second-order valence-electron chi connectivity index (χ2n) is 19.2. The van der Waals surface area contributed by atoms with Crippen LogP contribution < -0.4 is 29.1 Å². The quantitative estimate of drug-likeness (QED) is 0.0487. The van der Waals surface area contributed by atoms with E-state index in [0.717, 1.165) is 101 Å². The molecule has 10 rings (SSSR count). The van der Waals surface area contributed by atoms with Crippen molar-refractivity contribution in [3.63, 3.8) is 0 Å². The number of rotatable bonds is 18. The summed E-state index contributed by atoms with van der Waals surface area (Å²) in [6.45, 7) is -5.60. The summed E-state index contributed by atoms with van der Waals surface area (Å²) in [5.74, 6) is 0.729. The number of hydrogen-bond acceptors (Lipinski definition) is 6. The molecule has 0 radical (unpaired) electrons. The van der Waals surface area contributed by atoms with Gasteiger partial charge in [-0.1, -0.05) is 101 Å². The molecule has 4 aromatic heterocycles. The molecule has 8 nitrogen and oxygen atoms in total. The molecule has 394 valence electrons. The highest BCUT2D eigenvalue weighted by atomic mass is 32.1. The van der Waals surface area contributed by atoms with Crippen LogP contribution in [-0.4, -0.2) is 36.1 Å². The van der Waals surface area contributed by atoms with E-state index >= 15 is 17.3 Å². The zero-order chi connectivity index (χ0) is 53.9. The van der Waals surface area contributed by atoms with Gasteiger partial charge < -0.3 is 44.6 Å². The third-order valence-corrected chi connectivity index (χ3v) is 16.5. The molecule has 0 fully saturated rings. The first-order valence-electron chi connectivity index (χ1n) is 25.4. The molecular formula is C54H48B2F10N6O2S2. The summed E-state index contributed by atoms with van der Waals surface area (Å²) in [6.07, 6.45) is 2.20. The number of nitriles is 2. The van der Waals surface area contributed by atoms with Gasteiger partial charge in [-0.2, -0.15) is 36.9 Å². The van der Waals surface area contributed by atoms with Gasteiger partial charge in [-0.25, -0.2) is 0 Å². The summed E-state index contributed by atoms with van der Waals surface area (Å²) in [4.78, 5) is 0. The van der Waals surface area contributed by atoms with Crippen molar-refractivity contribution in [1.29, 1.82) is 10.5 Å². The van der Waals surface area contributed by atoms with Crippen molar-refractivity contribution in [1.82, 2.24) is 8.96 Å². The van der Waals surface area contributed by atoms with Crippen LogP contribution in [-0.2, 0) is 12.4 Å². The Labute approximate surface area is 438 Å². The zero-order valence-electron chi connectivity index (χ0n) is 41.2. The van der Waals surface area contributed by atoms with Crippen molar-refractivity contribution in [2.75, 3.05) is 13.2 Å². The van der Waals surface area contributed by atoms with Crippen molar-refractivity contribution in [3.05, 3.63) is 117 Å². The van der Waals surface area contributed by atoms with Crippen molar-refractivity contribution < 1.29 is 62.0 Å². The fourth-order valence-corrected chi connectivity index (χ4v) is 13.2. The maximum absolute atomic E-state index is 18.4. The van der Waals surface area contributed by atoms with Gasteiger partial charge >= 0.3 is 26.3 Å². The van der Waals surface area contributed by atoms with Crippen LogP contribution in [0.2, 0.25) is 0 Å². The molecular weight excluding hydrogens is 1040 g/mol. The average Bonchev–Trinajstić information content (AvgIpc) is 4.35. The van der Waals surface area contributed by atoms with Gasteiger partial charge in [-0.05, 0) is 96.8 Å². The Morgan fingerprint density at radius 1 is 0.513 bits per heavy atom. The highest BCUT2D eigenvalue weighted by molar-refractivity contribution is 7.19. The summed E-state index contributed by atoms with van der Waals surface area (Å²) in [5, 5.41) is 19.9. The van der Waals surface area contributed by atoms with E-state index in [4.69, 9.17) is 9.47 Å². The smallest absolute Gasteiger partial charge is 0.494 e. The number of hydrogen-bond donors (Lipinski definition) is 0. The summed E-state index contributed by atoms with van der Waals surface area (Å²) >= 11 is 1.03. The normalized spacial score (nSPS) is 14.7. The molecule has 2 aliphatic rings. The lowest BCUT2D eigenvalue weighted by atomic mass is 9.89. The number of halogens is 10. The number of unbranched alkanes of at least 4 members (excludes halogenated alkanes) is 10. The maximum Gasteiger partial charge on any atom is 0.738 e. The van der Waals surface area contributed by atoms with Crippen LogP contribution in [0.15, 0.2) is 84.9 Å². The zero-order valence-corrected chi connectivity index (χ0v) is 42.9. The number of alkyl halides is 6. The summed E-state index contributed by atoms with van der Waals surface area (Å²) in [7, 11) is 0. The molecule has 2 aliphatic heterocycles. The average molecular weight is 1090 g/mol. The summed E-state index contributed by atoms with van der Waals surface area (Å²) < 4.78 is 172. The van der Waals surface area contributed by atoms with E-state index in [-0.39, 0.29) is 42.3 Å². The Balaban J connectivity index is 1.28. The molecule has 76 heavy (non-hydrogen) atoms. The van der Waals surface area contributed by atoms with Gasteiger partial charge in [0.15, 0.2) is 22.2 Å². The van der Waals surface area contributed by atoms with E-state index < -0.39 is 80.7 Å². The third-order valence-electron chi connectivity index (χ3n) is 14.3. The number of fused-ring (bicyclic) bond motifs is 11. The molecule has 0 unspecified atom stereocenters. The summed E-state index contributed by atoms with van der Waals surface area (Å²) in [6, 6.07) is 20.5. The SMILES string of the molecule is CCCCCCCCOc1ccc(-c2c3c4n(c(-c5ccc(OCCCCCCCC)cc5)c3c3n2[B-](F)(F)[n+]2c(sc5cc(C(F)(F)F)ccc52)C=3C#N)[B-](F)(F)[n+]2c(sc3cc(C(F)(F)F)ccc32)C=4C#N)cc1. The molecule has 0 spiro atoms. The predicted octanol–water partition coefficient (Wildman–Crippen LogP) is 13.9. The van der Waals surface area contributed by atoms with Crippen LogP contribution in [0.4, 0.5) is 43.6 Å². The third kappa shape index (κ3) is 8.98. The minimum Gasteiger partial charge on any atom is -0.494 e. The Kier molecular flexibility index (Phi) is 14.1. The Morgan fingerprint density at radius 2 is 0.868 bits per heavy atom. The molecule has 0 amide bonds. The van der Waals surface area contributed by atoms with Crippen molar-refractivity contribution in [3.8, 4) is 46.2 Å². The Hall–Kier alpha value is -6.77. The molecule has 6 heterocycles. The second kappa shape index (κ2) is 20.3. The molecule has 0 atom stereocenters. The number of aromatic nitrogens is 4. The molecule has 0 N–H and O–H groups in total. The van der Waals surface area contributed by atoms with Gasteiger partial charge in [0.1, 0.15) is 33.0 Å². The maximum atomic E-state index is 18.4. The van der Waals surface area contributed by atoms with E-state index in [0.29, 0.717) is 77.4 Å². The van der Waals surface area contributed by atoms with Crippen LogP contribution in [0.3, 0.4) is 0 Å². The van der Waals surface area contributed by atoms with Gasteiger partial charge in [-0.3, -0.25) is 0 Å². The van der Waals surface area contributed by atoms with Gasteiger partial charge in [0.25, 0.3) is 0 Å². The first kappa shape index (κ1) is 52.7. The van der Waals surface area contributed by atoms with Crippen LogP contribution >= 0.6 is 22.7 Å². The largest absolute Gasteiger partial charge is 0.738 e. The van der Waals surface area contributed by atoms with E-state index in [2.05, 4.69) is 13.8 Å². The molecule has 22 heteroatoms. The highest BCUT2D eigenvalue weighted by Gasteiger charge is 2.57. The van der Waals surface area contributed by atoms with Gasteiger partial charge in [0, 0.05) is 45.0 Å². The molecule has 0 saturated heterocycles. The van der Waals surface area contributed by atoms with Crippen molar-refractivity contribution in [2.24, 2.45) is 0 Å².